The van der Waals surface area contributed by atoms with Crippen LogP contribution >= 0.6 is 15.9 Å². The van der Waals surface area contributed by atoms with Crippen molar-refractivity contribution in [3.8, 4) is 0 Å². The number of rotatable bonds is 4. The Morgan fingerprint density at radius 3 is 2.78 bits per heavy atom. The first-order chi connectivity index (χ1) is 8.32. The van der Waals surface area contributed by atoms with Crippen LogP contribution in [0.2, 0.25) is 0 Å². The monoisotopic (exact) mass is 316 g/mol. The summed E-state index contributed by atoms with van der Waals surface area (Å²) in [4.78, 5) is 32.1. The van der Waals surface area contributed by atoms with Crippen molar-refractivity contribution in [1.29, 1.82) is 0 Å². The lowest BCUT2D eigenvalue weighted by molar-refractivity contribution is -0.386. The van der Waals surface area contributed by atoms with Crippen molar-refractivity contribution in [2.75, 3.05) is 0 Å². The molecule has 8 heteroatoms. The lowest BCUT2D eigenvalue weighted by atomic mass is 10.3. The van der Waals surface area contributed by atoms with Gasteiger partial charge in [0.1, 0.15) is 0 Å². The number of hydrogen-bond donors (Lipinski definition) is 1. The van der Waals surface area contributed by atoms with Gasteiger partial charge in [0, 0.05) is 28.9 Å². The third-order valence-electron chi connectivity index (χ3n) is 2.16. The van der Waals surface area contributed by atoms with Gasteiger partial charge in [-0.15, -0.1) is 0 Å². The molecule has 0 aliphatic heterocycles. The summed E-state index contributed by atoms with van der Waals surface area (Å²) in [6.07, 6.45) is 2.67. The maximum absolute atomic E-state index is 11.7. The van der Waals surface area contributed by atoms with Crippen LogP contribution in [0.5, 0.6) is 0 Å². The molecule has 1 heterocycles. The highest BCUT2D eigenvalue weighted by Gasteiger charge is 2.15. The van der Waals surface area contributed by atoms with Gasteiger partial charge in [-0.25, -0.2) is 4.79 Å². The van der Waals surface area contributed by atoms with Crippen LogP contribution in [0.25, 0.3) is 0 Å². The Kier molecular flexibility index (Phi) is 4.38. The van der Waals surface area contributed by atoms with Crippen LogP contribution in [0.3, 0.4) is 0 Å². The van der Waals surface area contributed by atoms with E-state index >= 15 is 0 Å². The molecule has 0 spiro atoms. The first-order valence-electron chi connectivity index (χ1n) is 4.77. The second kappa shape index (κ2) is 5.58. The number of aromatic nitrogens is 1. The summed E-state index contributed by atoms with van der Waals surface area (Å²) in [5.74, 6) is -1.10. The van der Waals surface area contributed by atoms with Crippen LogP contribution in [0.1, 0.15) is 6.92 Å². The third kappa shape index (κ3) is 3.27. The van der Waals surface area contributed by atoms with Gasteiger partial charge in [-0.1, -0.05) is 6.08 Å². The molecule has 0 bridgehead atoms. The fourth-order valence-electron chi connectivity index (χ4n) is 1.17. The van der Waals surface area contributed by atoms with E-state index in [0.29, 0.717) is 4.47 Å². The Hall–Kier alpha value is -1.96. The van der Waals surface area contributed by atoms with Crippen LogP contribution < -0.4 is 5.56 Å². The summed E-state index contributed by atoms with van der Waals surface area (Å²) < 4.78 is 1.43. The standard InChI is InChI=1S/C10H9BrN2O5/c1-6(10(15)16)2-3-12-5-7(11)4-8(9(12)14)13(17)18/h2,4-5H,3H2,1H3,(H,15,16). The molecule has 1 N–H and O–H groups in total. The van der Waals surface area contributed by atoms with E-state index in [4.69, 9.17) is 5.11 Å². The molecule has 0 aliphatic rings. The van der Waals surface area contributed by atoms with Crippen molar-refractivity contribution in [2.24, 2.45) is 0 Å². The predicted octanol–water partition coefficient (Wildman–Crippen LogP) is 1.55. The molecular formula is C10H9BrN2O5. The molecule has 7 nitrogen and oxygen atoms in total. The number of nitro groups is 1. The minimum absolute atomic E-state index is 0.0444. The van der Waals surface area contributed by atoms with Gasteiger partial charge in [-0.3, -0.25) is 14.9 Å². The number of pyridine rings is 1. The maximum atomic E-state index is 11.7. The summed E-state index contributed by atoms with van der Waals surface area (Å²) >= 11 is 3.05. The van der Waals surface area contributed by atoms with Gasteiger partial charge in [0.25, 0.3) is 0 Å². The van der Waals surface area contributed by atoms with Crippen LogP contribution in [0.4, 0.5) is 5.69 Å². The quantitative estimate of drug-likeness (QED) is 0.515. The molecule has 0 saturated heterocycles. The number of carboxylic acids is 1. The molecular weight excluding hydrogens is 308 g/mol. The summed E-state index contributed by atoms with van der Waals surface area (Å²) in [6, 6.07) is 1.10. The average molecular weight is 317 g/mol. The number of allylic oxidation sites excluding steroid dienone is 1. The smallest absolute Gasteiger partial charge is 0.335 e. The zero-order chi connectivity index (χ0) is 13.9. The van der Waals surface area contributed by atoms with Gasteiger partial charge in [-0.05, 0) is 22.9 Å². The molecule has 0 aliphatic carbocycles. The normalized spacial score (nSPS) is 11.3. The predicted molar refractivity (Wildman–Crippen MR) is 66.4 cm³/mol. The van der Waals surface area contributed by atoms with Crippen molar-refractivity contribution >= 4 is 27.6 Å². The van der Waals surface area contributed by atoms with Gasteiger partial charge in [0.15, 0.2) is 0 Å². The molecule has 0 fully saturated rings. The van der Waals surface area contributed by atoms with Gasteiger partial charge in [0.2, 0.25) is 0 Å². The van der Waals surface area contributed by atoms with E-state index in [1.54, 1.807) is 0 Å². The van der Waals surface area contributed by atoms with Gasteiger partial charge in [0.05, 0.1) is 4.92 Å². The topological polar surface area (TPSA) is 102 Å². The average Bonchev–Trinajstić information content (AvgIpc) is 2.28. The van der Waals surface area contributed by atoms with Crippen molar-refractivity contribution in [1.82, 2.24) is 4.57 Å². The van der Waals surface area contributed by atoms with E-state index in [9.17, 15) is 19.7 Å². The second-order valence-electron chi connectivity index (χ2n) is 3.45. The fraction of sp³-hybridized carbons (Fsp3) is 0.200. The Labute approximate surface area is 110 Å². The van der Waals surface area contributed by atoms with Crippen molar-refractivity contribution in [2.45, 2.75) is 13.5 Å². The van der Waals surface area contributed by atoms with Gasteiger partial charge < -0.3 is 9.67 Å². The Balaban J connectivity index is 3.19. The van der Waals surface area contributed by atoms with Crippen LogP contribution in [-0.2, 0) is 11.3 Å². The van der Waals surface area contributed by atoms with Gasteiger partial charge in [-0.2, -0.15) is 0 Å². The molecule has 0 aromatic carbocycles. The summed E-state index contributed by atoms with van der Waals surface area (Å²) in [6.45, 7) is 1.33. The number of halogens is 1. The highest BCUT2D eigenvalue weighted by molar-refractivity contribution is 9.10. The van der Waals surface area contributed by atoms with Crippen molar-refractivity contribution in [3.63, 3.8) is 0 Å². The lowest BCUT2D eigenvalue weighted by Crippen LogP contribution is -2.22. The molecule has 18 heavy (non-hydrogen) atoms. The van der Waals surface area contributed by atoms with E-state index in [2.05, 4.69) is 15.9 Å². The molecule has 1 aromatic rings. The molecule has 0 radical (unpaired) electrons. The van der Waals surface area contributed by atoms with Gasteiger partial charge >= 0.3 is 17.2 Å². The fourth-order valence-corrected chi connectivity index (χ4v) is 1.64. The van der Waals surface area contributed by atoms with E-state index < -0.39 is 22.1 Å². The Morgan fingerprint density at radius 1 is 1.67 bits per heavy atom. The van der Waals surface area contributed by atoms with E-state index in [0.717, 1.165) is 10.6 Å². The number of aliphatic carboxylic acids is 1. The Bertz CT molecular complexity index is 590. The first kappa shape index (κ1) is 14.1. The largest absolute Gasteiger partial charge is 0.478 e. The highest BCUT2D eigenvalue weighted by Crippen LogP contribution is 2.13. The van der Waals surface area contributed by atoms with E-state index in [-0.39, 0.29) is 12.1 Å². The number of carboxylic acid groups (broad SMARTS) is 1. The zero-order valence-electron chi connectivity index (χ0n) is 9.29. The second-order valence-corrected chi connectivity index (χ2v) is 4.37. The maximum Gasteiger partial charge on any atom is 0.335 e. The van der Waals surface area contributed by atoms with E-state index in [1.807, 2.05) is 0 Å². The highest BCUT2D eigenvalue weighted by atomic mass is 79.9. The molecule has 0 unspecified atom stereocenters. The molecule has 0 amide bonds. The van der Waals surface area contributed by atoms with Crippen molar-refractivity contribution in [3.05, 3.63) is 48.9 Å². The van der Waals surface area contributed by atoms with Crippen LogP contribution in [0.15, 0.2) is 33.2 Å². The first-order valence-corrected chi connectivity index (χ1v) is 5.56. The molecule has 1 rings (SSSR count). The minimum atomic E-state index is -1.10. The van der Waals surface area contributed by atoms with Crippen LogP contribution in [0, 0.1) is 10.1 Å². The zero-order valence-corrected chi connectivity index (χ0v) is 10.9. The summed E-state index contributed by atoms with van der Waals surface area (Å²) in [5, 5.41) is 19.3. The number of nitrogens with zero attached hydrogens (tertiary/aromatic N) is 2. The Morgan fingerprint density at radius 2 is 2.28 bits per heavy atom. The number of carbonyl (C=O) groups is 1. The van der Waals surface area contributed by atoms with E-state index in [1.165, 1.54) is 19.2 Å². The van der Waals surface area contributed by atoms with Crippen molar-refractivity contribution < 1.29 is 14.8 Å². The number of hydrogen-bond acceptors (Lipinski definition) is 4. The molecule has 0 saturated carbocycles. The van der Waals surface area contributed by atoms with Crippen LogP contribution in [-0.4, -0.2) is 20.6 Å². The third-order valence-corrected chi connectivity index (χ3v) is 2.60. The molecule has 0 atom stereocenters. The summed E-state index contributed by atoms with van der Waals surface area (Å²) in [5.41, 5.74) is -1.28. The SMILES string of the molecule is CC(=CCn1cc(Br)cc([N+](=O)[O-])c1=O)C(=O)O. The molecule has 96 valence electrons. The molecule has 1 aromatic heterocycles. The summed E-state index contributed by atoms with van der Waals surface area (Å²) in [7, 11) is 0. The lowest BCUT2D eigenvalue weighted by Gasteiger charge is -2.03. The minimum Gasteiger partial charge on any atom is -0.478 e.